The Labute approximate surface area is 143 Å². The van der Waals surface area contributed by atoms with E-state index in [2.05, 4.69) is 46.8 Å². The maximum atomic E-state index is 5.32. The lowest BCUT2D eigenvalue weighted by molar-refractivity contribution is 0.392. The van der Waals surface area contributed by atoms with E-state index in [0.717, 1.165) is 27.5 Å². The number of hydrogen-bond acceptors (Lipinski definition) is 4. The Bertz CT molecular complexity index is 595. The molecule has 0 aromatic heterocycles. The Morgan fingerprint density at radius 3 is 2.24 bits per heavy atom. The number of ether oxygens (including phenoxy) is 2. The zero-order valence-corrected chi connectivity index (χ0v) is 15.2. The molecule has 2 rings (SSSR count). The first-order valence-electron chi connectivity index (χ1n) is 6.39. The summed E-state index contributed by atoms with van der Waals surface area (Å²) in [4.78, 5) is 2.31. The fourth-order valence-electron chi connectivity index (χ4n) is 1.90. The van der Waals surface area contributed by atoms with Gasteiger partial charge in [0, 0.05) is 26.9 Å². The van der Waals surface area contributed by atoms with Gasteiger partial charge >= 0.3 is 0 Å². The summed E-state index contributed by atoms with van der Waals surface area (Å²) in [5.74, 6) is 2.34. The summed E-state index contributed by atoms with van der Waals surface area (Å²) in [6.45, 7) is 0. The molecule has 0 aliphatic heterocycles. The van der Waals surface area contributed by atoms with Crippen molar-refractivity contribution in [3.63, 3.8) is 0 Å². The maximum Gasteiger partial charge on any atom is 0.123 e. The molecule has 0 aliphatic rings. The van der Waals surface area contributed by atoms with Gasteiger partial charge in [-0.25, -0.2) is 0 Å². The number of alkyl halides is 1. The van der Waals surface area contributed by atoms with Crippen LogP contribution in [0.25, 0.3) is 0 Å². The summed E-state index contributed by atoms with van der Waals surface area (Å²) >= 11 is 9.58. The topological polar surface area (TPSA) is 18.5 Å². The third-order valence-corrected chi connectivity index (χ3v) is 5.06. The minimum atomic E-state index is 0.748. The molecular weight excluding hydrogens is 368 g/mol. The SMILES string of the molecule is COc1cc(OC)cc(Sc2ccc(CS)cc2CBr)c1. The van der Waals surface area contributed by atoms with Gasteiger partial charge < -0.3 is 9.47 Å². The molecule has 0 aliphatic carbocycles. The van der Waals surface area contributed by atoms with Crippen molar-refractivity contribution in [3.05, 3.63) is 47.5 Å². The van der Waals surface area contributed by atoms with Crippen molar-refractivity contribution in [2.24, 2.45) is 0 Å². The number of hydrogen-bond donors (Lipinski definition) is 1. The van der Waals surface area contributed by atoms with E-state index >= 15 is 0 Å². The number of benzene rings is 2. The van der Waals surface area contributed by atoms with E-state index in [-0.39, 0.29) is 0 Å². The number of methoxy groups -OCH3 is 2. The average Bonchev–Trinajstić information content (AvgIpc) is 2.54. The van der Waals surface area contributed by atoms with E-state index in [4.69, 9.17) is 9.47 Å². The maximum absolute atomic E-state index is 5.32. The van der Waals surface area contributed by atoms with Crippen molar-refractivity contribution in [2.75, 3.05) is 14.2 Å². The molecule has 0 radical (unpaired) electrons. The predicted octanol–water partition coefficient (Wildman–Crippen LogP) is 5.18. The van der Waals surface area contributed by atoms with Crippen LogP contribution in [0.5, 0.6) is 11.5 Å². The Kier molecular flexibility index (Phi) is 6.33. The summed E-state index contributed by atoms with van der Waals surface area (Å²) in [5, 5.41) is 0.818. The normalized spacial score (nSPS) is 10.5. The van der Waals surface area contributed by atoms with Gasteiger partial charge in [-0.15, -0.1) is 0 Å². The van der Waals surface area contributed by atoms with Crippen molar-refractivity contribution >= 4 is 40.3 Å². The summed E-state index contributed by atoms with van der Waals surface area (Å²) in [5.41, 5.74) is 2.48. The second-order valence-electron chi connectivity index (χ2n) is 4.38. The molecule has 0 saturated heterocycles. The lowest BCUT2D eigenvalue weighted by Gasteiger charge is -2.11. The molecule has 0 spiro atoms. The highest BCUT2D eigenvalue weighted by Gasteiger charge is 2.08. The highest BCUT2D eigenvalue weighted by atomic mass is 79.9. The van der Waals surface area contributed by atoms with Crippen LogP contribution in [0.1, 0.15) is 11.1 Å². The average molecular weight is 385 g/mol. The molecule has 0 bridgehead atoms. The van der Waals surface area contributed by atoms with Gasteiger partial charge in [-0.3, -0.25) is 0 Å². The smallest absolute Gasteiger partial charge is 0.123 e. The number of rotatable bonds is 6. The summed E-state index contributed by atoms with van der Waals surface area (Å²) in [7, 11) is 3.32. The fourth-order valence-corrected chi connectivity index (χ4v) is 3.75. The Morgan fingerprint density at radius 1 is 1.05 bits per heavy atom. The first-order valence-corrected chi connectivity index (χ1v) is 8.96. The molecule has 21 heavy (non-hydrogen) atoms. The van der Waals surface area contributed by atoms with Crippen LogP contribution in [-0.2, 0) is 11.1 Å². The van der Waals surface area contributed by atoms with Crippen LogP contribution in [-0.4, -0.2) is 14.2 Å². The third kappa shape index (κ3) is 4.34. The third-order valence-electron chi connectivity index (χ3n) is 3.00. The molecule has 5 heteroatoms. The van der Waals surface area contributed by atoms with Gasteiger partial charge in [-0.1, -0.05) is 39.8 Å². The van der Waals surface area contributed by atoms with Crippen LogP contribution in [0.3, 0.4) is 0 Å². The first-order chi connectivity index (χ1) is 10.2. The molecule has 2 aromatic rings. The summed E-state index contributed by atoms with van der Waals surface area (Å²) in [6.07, 6.45) is 0. The van der Waals surface area contributed by atoms with Crippen molar-refractivity contribution in [1.29, 1.82) is 0 Å². The molecule has 2 nitrogen and oxygen atoms in total. The molecule has 0 heterocycles. The molecule has 2 aromatic carbocycles. The molecule has 0 amide bonds. The number of halogens is 1. The van der Waals surface area contributed by atoms with E-state index in [9.17, 15) is 0 Å². The standard InChI is InChI=1S/C16H17BrO2S2/c1-18-13-6-14(19-2)8-15(7-13)21-16-4-3-11(10-20)5-12(16)9-17/h3-8,20H,9-10H2,1-2H3. The number of thiol groups is 1. The highest BCUT2D eigenvalue weighted by Crippen LogP contribution is 2.36. The molecule has 0 fully saturated rings. The van der Waals surface area contributed by atoms with Gasteiger partial charge in [0.2, 0.25) is 0 Å². The monoisotopic (exact) mass is 384 g/mol. The minimum absolute atomic E-state index is 0.748. The zero-order chi connectivity index (χ0) is 15.2. The lowest BCUT2D eigenvalue weighted by atomic mass is 10.2. The second-order valence-corrected chi connectivity index (χ2v) is 6.38. The van der Waals surface area contributed by atoms with Crippen molar-refractivity contribution in [2.45, 2.75) is 20.9 Å². The fraction of sp³-hybridized carbons (Fsp3) is 0.250. The van der Waals surface area contributed by atoms with Crippen LogP contribution in [0.2, 0.25) is 0 Å². The molecular formula is C16H17BrO2S2. The van der Waals surface area contributed by atoms with Gasteiger partial charge in [0.15, 0.2) is 0 Å². The second kappa shape index (κ2) is 8.01. The van der Waals surface area contributed by atoms with Crippen LogP contribution < -0.4 is 9.47 Å². The highest BCUT2D eigenvalue weighted by molar-refractivity contribution is 9.08. The van der Waals surface area contributed by atoms with Crippen molar-refractivity contribution in [3.8, 4) is 11.5 Å². The van der Waals surface area contributed by atoms with Gasteiger partial charge in [-0.2, -0.15) is 12.6 Å². The van der Waals surface area contributed by atoms with E-state index in [0.29, 0.717) is 0 Å². The first kappa shape index (κ1) is 16.6. The van der Waals surface area contributed by atoms with Gasteiger partial charge in [-0.05, 0) is 29.3 Å². The van der Waals surface area contributed by atoms with Crippen molar-refractivity contribution in [1.82, 2.24) is 0 Å². The molecule has 112 valence electrons. The van der Waals surface area contributed by atoms with Gasteiger partial charge in [0.05, 0.1) is 14.2 Å². The molecule has 0 saturated carbocycles. The zero-order valence-electron chi connectivity index (χ0n) is 11.9. The van der Waals surface area contributed by atoms with Crippen LogP contribution >= 0.6 is 40.3 Å². The van der Waals surface area contributed by atoms with E-state index in [1.54, 1.807) is 26.0 Å². The largest absolute Gasteiger partial charge is 0.497 e. The summed E-state index contributed by atoms with van der Waals surface area (Å²) in [6, 6.07) is 12.3. The van der Waals surface area contributed by atoms with E-state index in [1.165, 1.54) is 16.0 Å². The Hall–Kier alpha value is -0.780. The van der Waals surface area contributed by atoms with Crippen LogP contribution in [0.4, 0.5) is 0 Å². The molecule has 0 unspecified atom stereocenters. The van der Waals surface area contributed by atoms with Crippen LogP contribution in [0.15, 0.2) is 46.2 Å². The lowest BCUT2D eigenvalue weighted by Crippen LogP contribution is -1.90. The van der Waals surface area contributed by atoms with E-state index in [1.807, 2.05) is 18.2 Å². The predicted molar refractivity (Wildman–Crippen MR) is 95.4 cm³/mol. The van der Waals surface area contributed by atoms with Gasteiger partial charge in [0.25, 0.3) is 0 Å². The Morgan fingerprint density at radius 2 is 1.71 bits per heavy atom. The Balaban J connectivity index is 2.33. The van der Waals surface area contributed by atoms with Gasteiger partial charge in [0.1, 0.15) is 11.5 Å². The molecule has 0 N–H and O–H groups in total. The van der Waals surface area contributed by atoms with E-state index < -0.39 is 0 Å². The summed E-state index contributed by atoms with van der Waals surface area (Å²) < 4.78 is 10.6. The minimum Gasteiger partial charge on any atom is -0.497 e. The van der Waals surface area contributed by atoms with Crippen molar-refractivity contribution < 1.29 is 9.47 Å². The van der Waals surface area contributed by atoms with Crippen LogP contribution in [0, 0.1) is 0 Å². The quantitative estimate of drug-likeness (QED) is 0.546. The molecule has 0 atom stereocenters.